The predicted octanol–water partition coefficient (Wildman–Crippen LogP) is 5.05. The quantitative estimate of drug-likeness (QED) is 0.299. The van der Waals surface area contributed by atoms with E-state index in [1.54, 1.807) is 0 Å². The van der Waals surface area contributed by atoms with E-state index in [1.807, 2.05) is 0 Å². The summed E-state index contributed by atoms with van der Waals surface area (Å²) in [7, 11) is -4.67. The Balaban J connectivity index is 0. The molecule has 0 aromatic rings. The van der Waals surface area contributed by atoms with Crippen molar-refractivity contribution in [3.63, 3.8) is 0 Å². The van der Waals surface area contributed by atoms with E-state index >= 15 is 0 Å². The van der Waals surface area contributed by atoms with Crippen molar-refractivity contribution in [1.29, 1.82) is 0 Å². The minimum Gasteiger partial charge on any atom is -0.396 e. The van der Waals surface area contributed by atoms with Crippen molar-refractivity contribution in [2.75, 3.05) is 6.61 Å². The van der Waals surface area contributed by atoms with Crippen LogP contribution in [0.2, 0.25) is 0 Å². The maximum Gasteiger partial charge on any atom is 0.394 e. The van der Waals surface area contributed by atoms with Crippen LogP contribution >= 0.6 is 0 Å². The summed E-state index contributed by atoms with van der Waals surface area (Å²) in [4.78, 5) is 0. The highest BCUT2D eigenvalue weighted by Gasteiger charge is 2.01. The third kappa shape index (κ3) is 34.3. The van der Waals surface area contributed by atoms with Gasteiger partial charge in [-0.15, -0.1) is 0 Å². The molecule has 23 heavy (non-hydrogen) atoms. The molecular weight excluding hydrogens is 316 g/mol. The predicted molar refractivity (Wildman–Crippen MR) is 96.1 cm³/mol. The lowest BCUT2D eigenvalue weighted by Crippen LogP contribution is -1.95. The van der Waals surface area contributed by atoms with Crippen molar-refractivity contribution < 1.29 is 22.6 Å². The lowest BCUT2D eigenvalue weighted by atomic mass is 9.96. The van der Waals surface area contributed by atoms with Crippen LogP contribution in [-0.2, 0) is 10.4 Å². The summed E-state index contributed by atoms with van der Waals surface area (Å²) in [5.41, 5.74) is 0. The Kier molecular flexibility index (Phi) is 19.8. The van der Waals surface area contributed by atoms with E-state index < -0.39 is 10.4 Å². The number of unbranched alkanes of at least 4 members (excludes halogenated alkanes) is 9. The van der Waals surface area contributed by atoms with Gasteiger partial charge >= 0.3 is 10.4 Å². The van der Waals surface area contributed by atoms with Gasteiger partial charge in [0.1, 0.15) is 0 Å². The molecule has 142 valence electrons. The molecule has 0 heterocycles. The fourth-order valence-electron chi connectivity index (χ4n) is 2.55. The molecule has 0 rings (SSSR count). The molecule has 0 spiro atoms. The number of aliphatic hydroxyl groups is 1. The van der Waals surface area contributed by atoms with Crippen molar-refractivity contribution in [1.82, 2.24) is 0 Å². The van der Waals surface area contributed by atoms with Crippen molar-refractivity contribution in [2.45, 2.75) is 97.3 Å². The summed E-state index contributed by atoms with van der Waals surface area (Å²) in [5.74, 6) is 0.941. The van der Waals surface area contributed by atoms with E-state index in [2.05, 4.69) is 13.8 Å². The lowest BCUT2D eigenvalue weighted by molar-refractivity contribution is 0.282. The molecule has 0 radical (unpaired) electrons. The Morgan fingerprint density at radius 1 is 0.739 bits per heavy atom. The molecule has 0 aliphatic carbocycles. The summed E-state index contributed by atoms with van der Waals surface area (Å²) in [6.45, 7) is 5.08. The molecule has 0 aliphatic heterocycles. The second-order valence-corrected chi connectivity index (χ2v) is 7.29. The van der Waals surface area contributed by atoms with Gasteiger partial charge in [0.15, 0.2) is 0 Å². The van der Waals surface area contributed by atoms with Gasteiger partial charge in [0.05, 0.1) is 0 Å². The average molecular weight is 355 g/mol. The molecule has 5 nitrogen and oxygen atoms in total. The SMILES string of the molecule is CCCCCCC(C)CCCCCCCCCO.O=S(=O)(O)O. The van der Waals surface area contributed by atoms with E-state index in [-0.39, 0.29) is 0 Å². The highest BCUT2D eigenvalue weighted by Crippen LogP contribution is 2.18. The minimum absolute atomic E-state index is 0.371. The summed E-state index contributed by atoms with van der Waals surface area (Å²) >= 11 is 0. The van der Waals surface area contributed by atoms with Crippen molar-refractivity contribution in [3.05, 3.63) is 0 Å². The summed E-state index contributed by atoms with van der Waals surface area (Å²) < 4.78 is 31.6. The Morgan fingerprint density at radius 2 is 1.09 bits per heavy atom. The molecule has 0 amide bonds. The van der Waals surface area contributed by atoms with Gasteiger partial charge in [-0.05, 0) is 12.3 Å². The van der Waals surface area contributed by atoms with Crippen LogP contribution in [0, 0.1) is 5.92 Å². The molecule has 0 aromatic heterocycles. The Labute approximate surface area is 143 Å². The monoisotopic (exact) mass is 354 g/mol. The zero-order valence-corrected chi connectivity index (χ0v) is 15.9. The molecule has 0 bridgehead atoms. The molecular formula is C17H38O5S. The summed E-state index contributed by atoms with van der Waals surface area (Å²) in [6, 6.07) is 0. The van der Waals surface area contributed by atoms with Gasteiger partial charge in [0.25, 0.3) is 0 Å². The van der Waals surface area contributed by atoms with Gasteiger partial charge < -0.3 is 5.11 Å². The fraction of sp³-hybridized carbons (Fsp3) is 1.00. The number of hydrogen-bond donors (Lipinski definition) is 3. The van der Waals surface area contributed by atoms with E-state index in [0.29, 0.717) is 6.61 Å². The molecule has 0 saturated heterocycles. The fourth-order valence-corrected chi connectivity index (χ4v) is 2.55. The Hall–Kier alpha value is -0.170. The topological polar surface area (TPSA) is 94.8 Å². The largest absolute Gasteiger partial charge is 0.396 e. The maximum atomic E-state index is 8.74. The van der Waals surface area contributed by atoms with E-state index in [1.165, 1.54) is 77.0 Å². The zero-order chi connectivity index (χ0) is 18.0. The first-order valence-corrected chi connectivity index (χ1v) is 10.5. The molecule has 3 N–H and O–H groups in total. The van der Waals surface area contributed by atoms with Crippen LogP contribution < -0.4 is 0 Å². The molecule has 0 aromatic carbocycles. The van der Waals surface area contributed by atoms with Crippen LogP contribution in [0.5, 0.6) is 0 Å². The number of rotatable bonds is 14. The molecule has 0 aliphatic rings. The van der Waals surface area contributed by atoms with Crippen LogP contribution in [0.4, 0.5) is 0 Å². The maximum absolute atomic E-state index is 8.74. The minimum atomic E-state index is -4.67. The Morgan fingerprint density at radius 3 is 1.48 bits per heavy atom. The van der Waals surface area contributed by atoms with Crippen molar-refractivity contribution >= 4 is 10.4 Å². The van der Waals surface area contributed by atoms with Gasteiger partial charge in [0.2, 0.25) is 0 Å². The van der Waals surface area contributed by atoms with Crippen LogP contribution in [0.15, 0.2) is 0 Å². The highest BCUT2D eigenvalue weighted by atomic mass is 32.3. The van der Waals surface area contributed by atoms with Crippen LogP contribution in [0.3, 0.4) is 0 Å². The first kappa shape index (κ1) is 25.1. The normalized spacial score (nSPS) is 12.6. The summed E-state index contributed by atoms with van der Waals surface area (Å²) in [5, 5.41) is 8.67. The van der Waals surface area contributed by atoms with Crippen LogP contribution in [0.25, 0.3) is 0 Å². The first-order chi connectivity index (χ1) is 10.8. The average Bonchev–Trinajstić information content (AvgIpc) is 2.45. The third-order valence-corrected chi connectivity index (χ3v) is 3.91. The molecule has 6 heteroatoms. The number of hydrogen-bond acceptors (Lipinski definition) is 3. The molecule has 1 unspecified atom stereocenters. The highest BCUT2D eigenvalue weighted by molar-refractivity contribution is 7.79. The molecule has 0 fully saturated rings. The van der Waals surface area contributed by atoms with Gasteiger partial charge in [-0.2, -0.15) is 8.42 Å². The Bertz CT molecular complexity index is 309. The number of aliphatic hydroxyl groups excluding tert-OH is 1. The van der Waals surface area contributed by atoms with Crippen molar-refractivity contribution in [3.8, 4) is 0 Å². The first-order valence-electron chi connectivity index (χ1n) is 9.12. The standard InChI is InChI=1S/C17H36O.H2O4S/c1-3-4-5-11-14-17(2)15-12-9-7-6-8-10-13-16-18;1-5(2,3)4/h17-18H,3-16H2,1-2H3;(H2,1,2,3,4). The smallest absolute Gasteiger partial charge is 0.394 e. The molecule has 0 saturated carbocycles. The molecule has 1 atom stereocenters. The van der Waals surface area contributed by atoms with E-state index in [0.717, 1.165) is 12.3 Å². The third-order valence-electron chi connectivity index (χ3n) is 3.91. The van der Waals surface area contributed by atoms with E-state index in [9.17, 15) is 0 Å². The zero-order valence-electron chi connectivity index (χ0n) is 15.0. The van der Waals surface area contributed by atoms with Gasteiger partial charge in [-0.1, -0.05) is 90.9 Å². The summed E-state index contributed by atoms with van der Waals surface area (Å²) in [6.07, 6.45) is 17.6. The lowest BCUT2D eigenvalue weighted by Gasteiger charge is -2.10. The van der Waals surface area contributed by atoms with Gasteiger partial charge in [-0.25, -0.2) is 0 Å². The van der Waals surface area contributed by atoms with Crippen LogP contribution in [-0.4, -0.2) is 29.2 Å². The van der Waals surface area contributed by atoms with Crippen molar-refractivity contribution in [2.24, 2.45) is 5.92 Å². The van der Waals surface area contributed by atoms with Crippen LogP contribution in [0.1, 0.15) is 97.3 Å². The van der Waals surface area contributed by atoms with E-state index in [4.69, 9.17) is 22.6 Å². The van der Waals surface area contributed by atoms with Gasteiger partial charge in [-0.3, -0.25) is 9.11 Å². The second-order valence-electron chi connectivity index (χ2n) is 6.39. The second kappa shape index (κ2) is 18.2. The van der Waals surface area contributed by atoms with Gasteiger partial charge in [0, 0.05) is 6.61 Å².